The Morgan fingerprint density at radius 2 is 2.15 bits per heavy atom. The predicted molar refractivity (Wildman–Crippen MR) is 76.0 cm³/mol. The van der Waals surface area contributed by atoms with Gasteiger partial charge in [-0.1, -0.05) is 6.92 Å². The lowest BCUT2D eigenvalue weighted by atomic mass is 9.96. The molecule has 1 unspecified atom stereocenters. The van der Waals surface area contributed by atoms with Gasteiger partial charge in [-0.05, 0) is 50.3 Å². The lowest BCUT2D eigenvalue weighted by molar-refractivity contribution is -0.144. The number of likely N-dealkylation sites (N-methyl/N-ethyl adjacent to an activating group) is 1. The third-order valence-electron chi connectivity index (χ3n) is 3.01. The van der Waals surface area contributed by atoms with Crippen molar-refractivity contribution in [3.05, 3.63) is 29.8 Å². The van der Waals surface area contributed by atoms with Gasteiger partial charge in [0.05, 0.1) is 0 Å². The van der Waals surface area contributed by atoms with E-state index in [9.17, 15) is 18.7 Å². The third-order valence-corrected chi connectivity index (χ3v) is 4.13. The molecule has 0 spiro atoms. The van der Waals surface area contributed by atoms with Gasteiger partial charge in [0.1, 0.15) is 17.2 Å². The molecule has 0 aromatic heterocycles. The smallest absolute Gasteiger partial charge is 0.323 e. The number of aliphatic carboxylic acids is 1. The number of benzene rings is 1. The van der Waals surface area contributed by atoms with Crippen LogP contribution >= 0.6 is 11.8 Å². The lowest BCUT2D eigenvalue weighted by Crippen LogP contribution is -2.49. The second kappa shape index (κ2) is 7.59. The quantitative estimate of drug-likeness (QED) is 0.571. The van der Waals surface area contributed by atoms with Crippen molar-refractivity contribution in [2.24, 2.45) is 0 Å². The molecule has 1 atom stereocenters. The number of nitrogens with one attached hydrogen (secondary N) is 1. The van der Waals surface area contributed by atoms with Crippen LogP contribution in [-0.4, -0.2) is 28.9 Å². The zero-order valence-corrected chi connectivity index (χ0v) is 12.4. The molecule has 3 nitrogen and oxygen atoms in total. The average Bonchev–Trinajstić information content (AvgIpc) is 2.38. The van der Waals surface area contributed by atoms with Crippen LogP contribution in [0.1, 0.15) is 26.7 Å². The molecular formula is C14H19F2NO2S. The monoisotopic (exact) mass is 303 g/mol. The summed E-state index contributed by atoms with van der Waals surface area (Å²) in [5.41, 5.74) is -0.976. The van der Waals surface area contributed by atoms with E-state index in [-0.39, 0.29) is 4.90 Å². The van der Waals surface area contributed by atoms with Crippen LogP contribution in [0.25, 0.3) is 0 Å². The van der Waals surface area contributed by atoms with Crippen LogP contribution in [0.2, 0.25) is 0 Å². The summed E-state index contributed by atoms with van der Waals surface area (Å²) in [6.07, 6.45) is 1.02. The fourth-order valence-electron chi connectivity index (χ4n) is 1.86. The first-order valence-corrected chi connectivity index (χ1v) is 7.44. The number of hydrogen-bond donors (Lipinski definition) is 2. The lowest BCUT2D eigenvalue weighted by Gasteiger charge is -2.25. The second-order valence-corrected chi connectivity index (χ2v) is 5.83. The maximum absolute atomic E-state index is 13.4. The van der Waals surface area contributed by atoms with Crippen molar-refractivity contribution in [2.45, 2.75) is 37.1 Å². The van der Waals surface area contributed by atoms with Gasteiger partial charge in [0.15, 0.2) is 0 Å². The van der Waals surface area contributed by atoms with E-state index in [0.717, 1.165) is 18.2 Å². The Kier molecular flexibility index (Phi) is 6.42. The van der Waals surface area contributed by atoms with Gasteiger partial charge in [-0.25, -0.2) is 8.78 Å². The summed E-state index contributed by atoms with van der Waals surface area (Å²) in [5, 5.41) is 12.1. The normalized spacial score (nSPS) is 14.0. The topological polar surface area (TPSA) is 49.3 Å². The zero-order chi connectivity index (χ0) is 15.2. The molecule has 0 aliphatic rings. The van der Waals surface area contributed by atoms with Crippen molar-refractivity contribution in [3.63, 3.8) is 0 Å². The number of rotatable bonds is 8. The molecule has 1 rings (SSSR count). The van der Waals surface area contributed by atoms with E-state index in [1.165, 1.54) is 11.8 Å². The van der Waals surface area contributed by atoms with E-state index in [2.05, 4.69) is 5.32 Å². The van der Waals surface area contributed by atoms with Gasteiger partial charge in [0.2, 0.25) is 0 Å². The molecule has 112 valence electrons. The average molecular weight is 303 g/mol. The fourth-order valence-corrected chi connectivity index (χ4v) is 2.77. The van der Waals surface area contributed by atoms with Crippen LogP contribution in [0.4, 0.5) is 8.78 Å². The minimum absolute atomic E-state index is 0.255. The molecular weight excluding hydrogens is 284 g/mol. The van der Waals surface area contributed by atoms with Crippen molar-refractivity contribution in [1.82, 2.24) is 5.32 Å². The number of hydrogen-bond acceptors (Lipinski definition) is 3. The first kappa shape index (κ1) is 16.9. The summed E-state index contributed by atoms with van der Waals surface area (Å²) in [6.45, 7) is 4.04. The molecule has 0 radical (unpaired) electrons. The third kappa shape index (κ3) is 4.76. The van der Waals surface area contributed by atoms with Crippen LogP contribution < -0.4 is 5.32 Å². The minimum Gasteiger partial charge on any atom is -0.480 e. The molecule has 1 aromatic rings. The van der Waals surface area contributed by atoms with E-state index < -0.39 is 23.1 Å². The Morgan fingerprint density at radius 3 is 2.75 bits per heavy atom. The van der Waals surface area contributed by atoms with Crippen molar-refractivity contribution in [1.29, 1.82) is 0 Å². The second-order valence-electron chi connectivity index (χ2n) is 4.69. The van der Waals surface area contributed by atoms with Crippen molar-refractivity contribution in [2.75, 3.05) is 12.3 Å². The summed E-state index contributed by atoms with van der Waals surface area (Å²) in [4.78, 5) is 11.5. The molecule has 0 amide bonds. The first-order chi connectivity index (χ1) is 9.39. The highest BCUT2D eigenvalue weighted by Gasteiger charge is 2.31. The van der Waals surface area contributed by atoms with Gasteiger partial charge < -0.3 is 10.4 Å². The van der Waals surface area contributed by atoms with Gasteiger partial charge >= 0.3 is 5.97 Å². The molecule has 6 heteroatoms. The van der Waals surface area contributed by atoms with Gasteiger partial charge in [0, 0.05) is 4.90 Å². The highest BCUT2D eigenvalue weighted by molar-refractivity contribution is 7.99. The van der Waals surface area contributed by atoms with Crippen molar-refractivity contribution in [3.8, 4) is 0 Å². The van der Waals surface area contributed by atoms with E-state index >= 15 is 0 Å². The fraction of sp³-hybridized carbons (Fsp3) is 0.500. The molecule has 2 N–H and O–H groups in total. The van der Waals surface area contributed by atoms with E-state index in [1.807, 2.05) is 6.92 Å². The number of carbonyl (C=O) groups is 1. The summed E-state index contributed by atoms with van der Waals surface area (Å²) >= 11 is 1.20. The summed E-state index contributed by atoms with van der Waals surface area (Å²) in [6, 6.07) is 3.32. The van der Waals surface area contributed by atoms with Crippen LogP contribution in [-0.2, 0) is 4.79 Å². The molecule has 0 saturated carbocycles. The highest BCUT2D eigenvalue weighted by atomic mass is 32.2. The largest absolute Gasteiger partial charge is 0.480 e. The predicted octanol–water partition coefficient (Wildman–Crippen LogP) is 3.29. The Labute approximate surface area is 121 Å². The van der Waals surface area contributed by atoms with Crippen molar-refractivity contribution < 1.29 is 18.7 Å². The molecule has 0 bridgehead atoms. The van der Waals surface area contributed by atoms with Crippen LogP contribution in [0.3, 0.4) is 0 Å². The molecule has 0 aliphatic heterocycles. The summed E-state index contributed by atoms with van der Waals surface area (Å²) in [5.74, 6) is -1.29. The Morgan fingerprint density at radius 1 is 1.45 bits per heavy atom. The minimum atomic E-state index is -0.976. The highest BCUT2D eigenvalue weighted by Crippen LogP contribution is 2.25. The first-order valence-electron chi connectivity index (χ1n) is 6.45. The Bertz CT molecular complexity index is 470. The number of halogens is 2. The molecule has 0 aliphatic carbocycles. The van der Waals surface area contributed by atoms with Crippen LogP contribution in [0, 0.1) is 11.6 Å². The van der Waals surface area contributed by atoms with Gasteiger partial charge in [-0.2, -0.15) is 0 Å². The molecule has 20 heavy (non-hydrogen) atoms. The SMILES string of the molecule is CCNC(C)(CCCSc1cc(F)ccc1F)C(=O)O. The van der Waals surface area contributed by atoms with E-state index in [4.69, 9.17) is 0 Å². The van der Waals surface area contributed by atoms with Gasteiger partial charge in [-0.3, -0.25) is 4.79 Å². The number of carboxylic acid groups (broad SMARTS) is 1. The van der Waals surface area contributed by atoms with E-state index in [1.54, 1.807) is 6.92 Å². The molecule has 0 saturated heterocycles. The molecule has 0 heterocycles. The molecule has 1 aromatic carbocycles. The summed E-state index contributed by atoms with van der Waals surface area (Å²) in [7, 11) is 0. The van der Waals surface area contributed by atoms with Crippen molar-refractivity contribution >= 4 is 17.7 Å². The van der Waals surface area contributed by atoms with Crippen LogP contribution in [0.5, 0.6) is 0 Å². The molecule has 0 fully saturated rings. The summed E-state index contributed by atoms with van der Waals surface area (Å²) < 4.78 is 26.4. The van der Waals surface area contributed by atoms with Gasteiger partial charge in [-0.15, -0.1) is 11.8 Å². The van der Waals surface area contributed by atoms with Crippen LogP contribution in [0.15, 0.2) is 23.1 Å². The maximum Gasteiger partial charge on any atom is 0.323 e. The van der Waals surface area contributed by atoms with Gasteiger partial charge in [0.25, 0.3) is 0 Å². The maximum atomic E-state index is 13.4. The number of thioether (sulfide) groups is 1. The zero-order valence-electron chi connectivity index (χ0n) is 11.6. The van der Waals surface area contributed by atoms with E-state index in [0.29, 0.717) is 25.1 Å². The standard InChI is InChI=1S/C14H19F2NO2S/c1-3-17-14(2,13(18)19)7-4-8-20-12-9-10(15)5-6-11(12)16/h5-6,9,17H,3-4,7-8H2,1-2H3,(H,18,19). The Balaban J connectivity index is 2.48. The number of carboxylic acids is 1. The Hall–Kier alpha value is -1.14.